The molecule has 1 aromatic heterocycles. The summed E-state index contributed by atoms with van der Waals surface area (Å²) in [4.78, 5) is 11.7. The summed E-state index contributed by atoms with van der Waals surface area (Å²) < 4.78 is 0. The first kappa shape index (κ1) is 11.4. The van der Waals surface area contributed by atoms with Crippen molar-refractivity contribution in [2.75, 3.05) is 13.1 Å². The maximum atomic E-state index is 11.7. The summed E-state index contributed by atoms with van der Waals surface area (Å²) in [6, 6.07) is 2.14. The van der Waals surface area contributed by atoms with Crippen molar-refractivity contribution in [2.45, 2.75) is 13.0 Å². The number of aryl methyl sites for hydroxylation is 1. The molecule has 0 spiro atoms. The monoisotopic (exact) mass is 242 g/mol. The molecule has 0 aromatic carbocycles. The standard InChI is InChI=1S/C10H14N4O.ClH/c1-5-2-8(14-13-5)10(15)12-9-6-3-11-4-7(6)9;/h2,6-7,9,11H,3-4H2,1H3,(H,12,15)(H,13,14);1H. The second-order valence-electron chi connectivity index (χ2n) is 4.42. The van der Waals surface area contributed by atoms with Crippen molar-refractivity contribution in [1.82, 2.24) is 20.8 Å². The van der Waals surface area contributed by atoms with Crippen LogP contribution in [0, 0.1) is 18.8 Å². The van der Waals surface area contributed by atoms with Crippen LogP contribution in [0.5, 0.6) is 0 Å². The van der Waals surface area contributed by atoms with Crippen molar-refractivity contribution >= 4 is 18.3 Å². The number of piperidine rings is 1. The summed E-state index contributed by atoms with van der Waals surface area (Å²) in [6.45, 7) is 3.96. The van der Waals surface area contributed by atoms with Crippen molar-refractivity contribution in [3.8, 4) is 0 Å². The highest BCUT2D eigenvalue weighted by molar-refractivity contribution is 5.92. The van der Waals surface area contributed by atoms with Crippen molar-refractivity contribution in [2.24, 2.45) is 11.8 Å². The molecule has 1 aromatic rings. The zero-order valence-corrected chi connectivity index (χ0v) is 9.80. The minimum absolute atomic E-state index is 0. The molecule has 2 aliphatic rings. The van der Waals surface area contributed by atoms with Gasteiger partial charge in [-0.25, -0.2) is 0 Å². The summed E-state index contributed by atoms with van der Waals surface area (Å²) in [6.07, 6.45) is 0. The number of hydrogen-bond acceptors (Lipinski definition) is 3. The Hall–Kier alpha value is -1.07. The van der Waals surface area contributed by atoms with Gasteiger partial charge in [-0.1, -0.05) is 0 Å². The molecular weight excluding hydrogens is 228 g/mol. The number of halogens is 1. The number of carbonyl (C=O) groups excluding carboxylic acids is 1. The number of amides is 1. The van der Waals surface area contributed by atoms with E-state index in [2.05, 4.69) is 20.8 Å². The number of aromatic amines is 1. The minimum Gasteiger partial charge on any atom is -0.347 e. The maximum absolute atomic E-state index is 11.7. The second kappa shape index (κ2) is 4.07. The largest absolute Gasteiger partial charge is 0.347 e. The molecule has 1 saturated heterocycles. The summed E-state index contributed by atoms with van der Waals surface area (Å²) in [7, 11) is 0. The van der Waals surface area contributed by atoms with E-state index in [1.165, 1.54) is 0 Å². The Labute approximate surface area is 99.8 Å². The summed E-state index contributed by atoms with van der Waals surface area (Å²) >= 11 is 0. The number of rotatable bonds is 2. The van der Waals surface area contributed by atoms with Crippen LogP contribution >= 0.6 is 12.4 Å². The Morgan fingerprint density at radius 2 is 2.19 bits per heavy atom. The van der Waals surface area contributed by atoms with E-state index >= 15 is 0 Å². The maximum Gasteiger partial charge on any atom is 0.272 e. The molecule has 3 N–H and O–H groups in total. The number of carbonyl (C=O) groups is 1. The van der Waals surface area contributed by atoms with Gasteiger partial charge in [-0.05, 0) is 24.8 Å². The van der Waals surface area contributed by atoms with Gasteiger partial charge < -0.3 is 10.6 Å². The predicted molar refractivity (Wildman–Crippen MR) is 61.7 cm³/mol. The third kappa shape index (κ3) is 1.81. The van der Waals surface area contributed by atoms with E-state index in [9.17, 15) is 4.79 Å². The molecule has 1 aliphatic heterocycles. The molecule has 6 heteroatoms. The summed E-state index contributed by atoms with van der Waals surface area (Å²) in [5.74, 6) is 1.24. The number of hydrogen-bond donors (Lipinski definition) is 3. The van der Waals surface area contributed by atoms with Crippen LogP contribution in [0.4, 0.5) is 0 Å². The highest BCUT2D eigenvalue weighted by Gasteiger charge is 2.53. The molecule has 0 bridgehead atoms. The summed E-state index contributed by atoms with van der Waals surface area (Å²) in [5.41, 5.74) is 1.41. The lowest BCUT2D eigenvalue weighted by Gasteiger charge is -2.05. The van der Waals surface area contributed by atoms with Crippen LogP contribution in [0.25, 0.3) is 0 Å². The van der Waals surface area contributed by atoms with Gasteiger partial charge in [-0.3, -0.25) is 9.89 Å². The van der Waals surface area contributed by atoms with Gasteiger partial charge in [-0.15, -0.1) is 12.4 Å². The Kier molecular flexibility index (Phi) is 2.90. The molecule has 2 heterocycles. The predicted octanol–water partition coefficient (Wildman–Crippen LogP) is 0.0875. The van der Waals surface area contributed by atoms with E-state index < -0.39 is 0 Å². The molecule has 88 valence electrons. The number of nitrogens with zero attached hydrogens (tertiary/aromatic N) is 1. The van der Waals surface area contributed by atoms with Crippen LogP contribution < -0.4 is 10.6 Å². The second-order valence-corrected chi connectivity index (χ2v) is 4.42. The van der Waals surface area contributed by atoms with Gasteiger partial charge in [0.05, 0.1) is 0 Å². The fraction of sp³-hybridized carbons (Fsp3) is 0.600. The van der Waals surface area contributed by atoms with Crippen molar-refractivity contribution in [1.29, 1.82) is 0 Å². The van der Waals surface area contributed by atoms with Crippen LogP contribution in [0.15, 0.2) is 6.07 Å². The summed E-state index contributed by atoms with van der Waals surface area (Å²) in [5, 5.41) is 13.0. The Balaban J connectivity index is 0.000000963. The van der Waals surface area contributed by atoms with Crippen molar-refractivity contribution in [3.63, 3.8) is 0 Å². The zero-order valence-electron chi connectivity index (χ0n) is 8.99. The Bertz CT molecular complexity index is 395. The Morgan fingerprint density at radius 1 is 1.50 bits per heavy atom. The zero-order chi connectivity index (χ0) is 10.4. The fourth-order valence-electron chi connectivity index (χ4n) is 2.39. The molecule has 2 unspecified atom stereocenters. The first-order chi connectivity index (χ1) is 7.25. The average molecular weight is 243 g/mol. The van der Waals surface area contributed by atoms with Gasteiger partial charge in [-0.2, -0.15) is 5.10 Å². The van der Waals surface area contributed by atoms with Crippen molar-refractivity contribution < 1.29 is 4.79 Å². The van der Waals surface area contributed by atoms with Crippen LogP contribution in [-0.4, -0.2) is 35.2 Å². The van der Waals surface area contributed by atoms with Crippen LogP contribution in [0.3, 0.4) is 0 Å². The molecule has 1 aliphatic carbocycles. The SMILES string of the molecule is Cc1cc(C(=O)NC2C3CNCC32)n[nH]1.Cl. The lowest BCUT2D eigenvalue weighted by atomic mass is 10.3. The van der Waals surface area contributed by atoms with E-state index in [0.717, 1.165) is 18.8 Å². The third-order valence-corrected chi connectivity index (χ3v) is 3.33. The van der Waals surface area contributed by atoms with Gasteiger partial charge in [0.2, 0.25) is 0 Å². The minimum atomic E-state index is -0.0567. The van der Waals surface area contributed by atoms with Crippen molar-refractivity contribution in [3.05, 3.63) is 17.5 Å². The molecular formula is C10H15ClN4O. The fourth-order valence-corrected chi connectivity index (χ4v) is 2.39. The number of H-pyrrole nitrogens is 1. The Morgan fingerprint density at radius 3 is 2.75 bits per heavy atom. The van der Waals surface area contributed by atoms with E-state index in [1.807, 2.05) is 6.92 Å². The quantitative estimate of drug-likeness (QED) is 0.688. The molecule has 1 amide bonds. The average Bonchev–Trinajstić information content (AvgIpc) is 2.66. The lowest BCUT2D eigenvalue weighted by Crippen LogP contribution is -2.32. The third-order valence-electron chi connectivity index (χ3n) is 3.33. The van der Waals surface area contributed by atoms with Crippen LogP contribution in [-0.2, 0) is 0 Å². The first-order valence-electron chi connectivity index (χ1n) is 5.29. The van der Waals surface area contributed by atoms with E-state index in [1.54, 1.807) is 6.07 Å². The van der Waals surface area contributed by atoms with Gasteiger partial charge in [0, 0.05) is 24.8 Å². The number of aromatic nitrogens is 2. The molecule has 0 radical (unpaired) electrons. The van der Waals surface area contributed by atoms with Gasteiger partial charge in [0.25, 0.3) is 5.91 Å². The lowest BCUT2D eigenvalue weighted by molar-refractivity contribution is 0.0941. The van der Waals surface area contributed by atoms with Gasteiger partial charge in [0.15, 0.2) is 0 Å². The van der Waals surface area contributed by atoms with Gasteiger partial charge >= 0.3 is 0 Å². The smallest absolute Gasteiger partial charge is 0.272 e. The van der Waals surface area contributed by atoms with Gasteiger partial charge in [0.1, 0.15) is 5.69 Å². The molecule has 2 fully saturated rings. The number of fused-ring (bicyclic) bond motifs is 1. The molecule has 16 heavy (non-hydrogen) atoms. The van der Waals surface area contributed by atoms with Crippen LogP contribution in [0.1, 0.15) is 16.2 Å². The van der Waals surface area contributed by atoms with E-state index in [4.69, 9.17) is 0 Å². The molecule has 5 nitrogen and oxygen atoms in total. The molecule has 2 atom stereocenters. The molecule has 3 rings (SSSR count). The van der Waals surface area contributed by atoms with E-state index in [0.29, 0.717) is 23.6 Å². The highest BCUT2D eigenvalue weighted by atomic mass is 35.5. The first-order valence-corrected chi connectivity index (χ1v) is 5.29. The normalized spacial score (nSPS) is 30.4. The molecule has 1 saturated carbocycles. The van der Waals surface area contributed by atoms with Crippen LogP contribution in [0.2, 0.25) is 0 Å². The number of nitrogens with one attached hydrogen (secondary N) is 3. The van der Waals surface area contributed by atoms with E-state index in [-0.39, 0.29) is 18.3 Å². The topological polar surface area (TPSA) is 69.8 Å². The highest BCUT2D eigenvalue weighted by Crippen LogP contribution is 2.41.